The first-order valence-corrected chi connectivity index (χ1v) is 9.07. The molecule has 0 atom stereocenters. The minimum absolute atomic E-state index is 0.0462. The zero-order chi connectivity index (χ0) is 19.4. The Morgan fingerprint density at radius 1 is 1.33 bits per heavy atom. The quantitative estimate of drug-likeness (QED) is 0.366. The third-order valence-corrected chi connectivity index (χ3v) is 4.85. The van der Waals surface area contributed by atoms with E-state index >= 15 is 0 Å². The number of nitrogens with zero attached hydrogens (tertiary/aromatic N) is 3. The number of nitro groups is 1. The van der Waals surface area contributed by atoms with Crippen LogP contribution in [0.4, 0.5) is 5.69 Å². The van der Waals surface area contributed by atoms with Crippen molar-refractivity contribution in [3.8, 4) is 5.75 Å². The van der Waals surface area contributed by atoms with Crippen LogP contribution >= 0.6 is 11.3 Å². The van der Waals surface area contributed by atoms with E-state index in [4.69, 9.17) is 4.74 Å². The highest BCUT2D eigenvalue weighted by molar-refractivity contribution is 7.16. The normalized spacial score (nSPS) is 11.5. The average molecular weight is 383 g/mol. The second kappa shape index (κ2) is 7.96. The van der Waals surface area contributed by atoms with E-state index in [9.17, 15) is 14.9 Å². The summed E-state index contributed by atoms with van der Waals surface area (Å²) in [6.07, 6.45) is 1.70. The summed E-state index contributed by atoms with van der Waals surface area (Å²) in [6.45, 7) is 6.58. The summed E-state index contributed by atoms with van der Waals surface area (Å²) >= 11 is 1.32. The van der Waals surface area contributed by atoms with E-state index in [0.29, 0.717) is 23.7 Å². The SMILES string of the molecule is C=CCn1c(=NC(=O)c2ccccc2[N+](=O)[O-])sc2cccc(OCC)c21. The lowest BCUT2D eigenvalue weighted by molar-refractivity contribution is -0.385. The van der Waals surface area contributed by atoms with Crippen molar-refractivity contribution in [3.63, 3.8) is 0 Å². The first-order chi connectivity index (χ1) is 13.1. The molecule has 7 nitrogen and oxygen atoms in total. The van der Waals surface area contributed by atoms with Gasteiger partial charge in [0.1, 0.15) is 16.8 Å². The molecule has 0 spiro atoms. The first-order valence-electron chi connectivity index (χ1n) is 8.25. The molecule has 27 heavy (non-hydrogen) atoms. The fourth-order valence-corrected chi connectivity index (χ4v) is 3.77. The number of carbonyl (C=O) groups excluding carboxylic acids is 1. The van der Waals surface area contributed by atoms with Crippen molar-refractivity contribution in [2.24, 2.45) is 4.99 Å². The van der Waals surface area contributed by atoms with Crippen molar-refractivity contribution in [2.75, 3.05) is 6.61 Å². The maximum atomic E-state index is 12.6. The van der Waals surface area contributed by atoms with Gasteiger partial charge in [0.2, 0.25) is 0 Å². The Hall–Kier alpha value is -3.26. The van der Waals surface area contributed by atoms with Crippen LogP contribution < -0.4 is 9.54 Å². The van der Waals surface area contributed by atoms with Crippen LogP contribution in [0.3, 0.4) is 0 Å². The van der Waals surface area contributed by atoms with E-state index in [1.807, 2.05) is 29.7 Å². The second-order valence-electron chi connectivity index (χ2n) is 5.51. The number of fused-ring (bicyclic) bond motifs is 1. The summed E-state index contributed by atoms with van der Waals surface area (Å²) in [6, 6.07) is 11.4. The average Bonchev–Trinajstić information content (AvgIpc) is 3.00. The van der Waals surface area contributed by atoms with Crippen molar-refractivity contribution in [2.45, 2.75) is 13.5 Å². The number of amides is 1. The van der Waals surface area contributed by atoms with Gasteiger partial charge in [-0.05, 0) is 25.1 Å². The Kier molecular flexibility index (Phi) is 5.46. The van der Waals surface area contributed by atoms with E-state index in [0.717, 1.165) is 10.2 Å². The monoisotopic (exact) mass is 383 g/mol. The Morgan fingerprint density at radius 2 is 2.11 bits per heavy atom. The number of benzene rings is 2. The molecule has 0 aliphatic heterocycles. The van der Waals surface area contributed by atoms with Crippen LogP contribution in [0.5, 0.6) is 5.75 Å². The van der Waals surface area contributed by atoms with Gasteiger partial charge in [-0.3, -0.25) is 14.9 Å². The third-order valence-electron chi connectivity index (χ3n) is 3.80. The van der Waals surface area contributed by atoms with Crippen LogP contribution in [0.25, 0.3) is 10.2 Å². The lowest BCUT2D eigenvalue weighted by Crippen LogP contribution is -2.17. The molecule has 3 aromatic rings. The summed E-state index contributed by atoms with van der Waals surface area (Å²) in [4.78, 5) is 27.8. The molecule has 0 saturated carbocycles. The molecule has 1 amide bonds. The van der Waals surface area contributed by atoms with Crippen LogP contribution in [-0.4, -0.2) is 22.0 Å². The highest BCUT2D eigenvalue weighted by Gasteiger charge is 2.19. The molecule has 0 N–H and O–H groups in total. The fourth-order valence-electron chi connectivity index (χ4n) is 2.71. The first kappa shape index (κ1) is 18.5. The predicted molar refractivity (Wildman–Crippen MR) is 104 cm³/mol. The summed E-state index contributed by atoms with van der Waals surface area (Å²) in [7, 11) is 0. The number of hydrogen-bond acceptors (Lipinski definition) is 5. The van der Waals surface area contributed by atoms with Crippen LogP contribution in [0.1, 0.15) is 17.3 Å². The van der Waals surface area contributed by atoms with Crippen molar-refractivity contribution in [1.82, 2.24) is 4.57 Å². The molecule has 3 rings (SSSR count). The topological polar surface area (TPSA) is 86.7 Å². The smallest absolute Gasteiger partial charge is 0.286 e. The van der Waals surface area contributed by atoms with Gasteiger partial charge in [-0.15, -0.1) is 6.58 Å². The third kappa shape index (κ3) is 3.65. The molecule has 138 valence electrons. The fraction of sp³-hybridized carbons (Fsp3) is 0.158. The highest BCUT2D eigenvalue weighted by Crippen LogP contribution is 2.28. The number of ether oxygens (including phenoxy) is 1. The molecule has 8 heteroatoms. The molecule has 2 aromatic carbocycles. The maximum absolute atomic E-state index is 12.6. The van der Waals surface area contributed by atoms with Gasteiger partial charge in [0.05, 0.1) is 16.2 Å². The summed E-state index contributed by atoms with van der Waals surface area (Å²) in [5.41, 5.74) is 0.506. The standard InChI is InChI=1S/C19H17N3O4S/c1-3-12-21-17-15(26-4-2)10-7-11-16(17)27-19(21)20-18(23)13-8-5-6-9-14(13)22(24)25/h3,5-11H,1,4,12H2,2H3. The summed E-state index contributed by atoms with van der Waals surface area (Å²) < 4.78 is 8.42. The van der Waals surface area contributed by atoms with Crippen molar-refractivity contribution in [1.29, 1.82) is 0 Å². The number of allylic oxidation sites excluding steroid dienone is 1. The Morgan fingerprint density at radius 3 is 2.81 bits per heavy atom. The number of nitro benzene ring substituents is 1. The minimum Gasteiger partial charge on any atom is -0.492 e. The molecule has 0 bridgehead atoms. The van der Waals surface area contributed by atoms with Gasteiger partial charge in [0.25, 0.3) is 11.6 Å². The predicted octanol–water partition coefficient (Wildman–Crippen LogP) is 3.94. The van der Waals surface area contributed by atoms with Gasteiger partial charge in [-0.1, -0.05) is 35.6 Å². The number of para-hydroxylation sites is 2. The van der Waals surface area contributed by atoms with Crippen LogP contribution in [0.15, 0.2) is 60.1 Å². The van der Waals surface area contributed by atoms with Gasteiger partial charge in [0, 0.05) is 12.6 Å². The highest BCUT2D eigenvalue weighted by atomic mass is 32.1. The van der Waals surface area contributed by atoms with Gasteiger partial charge in [0.15, 0.2) is 4.80 Å². The molecule has 0 unspecified atom stereocenters. The Balaban J connectivity index is 2.20. The molecular weight excluding hydrogens is 366 g/mol. The Labute approximate surface area is 159 Å². The molecule has 1 aromatic heterocycles. The van der Waals surface area contributed by atoms with Crippen LogP contribution in [-0.2, 0) is 6.54 Å². The van der Waals surface area contributed by atoms with Crippen molar-refractivity contribution >= 4 is 33.1 Å². The minimum atomic E-state index is -0.662. The van der Waals surface area contributed by atoms with Gasteiger partial charge in [-0.2, -0.15) is 4.99 Å². The molecular formula is C19H17N3O4S. The van der Waals surface area contributed by atoms with E-state index in [1.165, 1.54) is 29.5 Å². The summed E-state index contributed by atoms with van der Waals surface area (Å²) in [5.74, 6) is 0.0253. The number of aromatic nitrogens is 1. The largest absolute Gasteiger partial charge is 0.492 e. The number of carbonyl (C=O) groups is 1. The summed E-state index contributed by atoms with van der Waals surface area (Å²) in [5, 5.41) is 11.2. The lowest BCUT2D eigenvalue weighted by Gasteiger charge is -2.07. The van der Waals surface area contributed by atoms with Gasteiger partial charge >= 0.3 is 0 Å². The zero-order valence-corrected chi connectivity index (χ0v) is 15.4. The lowest BCUT2D eigenvalue weighted by atomic mass is 10.2. The van der Waals surface area contributed by atoms with E-state index < -0.39 is 10.8 Å². The number of hydrogen-bond donors (Lipinski definition) is 0. The van der Waals surface area contributed by atoms with Crippen molar-refractivity contribution < 1.29 is 14.5 Å². The second-order valence-corrected chi connectivity index (χ2v) is 6.52. The van der Waals surface area contributed by atoms with Crippen LogP contribution in [0.2, 0.25) is 0 Å². The van der Waals surface area contributed by atoms with E-state index in [2.05, 4.69) is 11.6 Å². The van der Waals surface area contributed by atoms with Crippen LogP contribution in [0, 0.1) is 10.1 Å². The number of rotatable bonds is 6. The van der Waals surface area contributed by atoms with E-state index in [1.54, 1.807) is 12.1 Å². The van der Waals surface area contributed by atoms with Gasteiger partial charge in [-0.25, -0.2) is 0 Å². The molecule has 0 aliphatic carbocycles. The zero-order valence-electron chi connectivity index (χ0n) is 14.6. The van der Waals surface area contributed by atoms with Gasteiger partial charge < -0.3 is 9.30 Å². The van der Waals surface area contributed by atoms with E-state index in [-0.39, 0.29) is 11.3 Å². The van der Waals surface area contributed by atoms with Crippen molar-refractivity contribution in [3.05, 3.63) is 75.6 Å². The molecule has 0 saturated heterocycles. The molecule has 0 fully saturated rings. The molecule has 0 radical (unpaired) electrons. The maximum Gasteiger partial charge on any atom is 0.286 e. The molecule has 0 aliphatic rings. The number of thiazole rings is 1. The molecule has 1 heterocycles. The Bertz CT molecular complexity index is 1100.